The smallest absolute Gasteiger partial charge is 0.295 e. The summed E-state index contributed by atoms with van der Waals surface area (Å²) < 4.78 is 0. The highest BCUT2D eigenvalue weighted by molar-refractivity contribution is 5.94. The molecule has 1 aromatic carbocycles. The average molecular weight is 272 g/mol. The number of nitro groups is 1. The molecule has 0 bridgehead atoms. The van der Waals surface area contributed by atoms with Crippen molar-refractivity contribution in [1.29, 1.82) is 0 Å². The predicted octanol–water partition coefficient (Wildman–Crippen LogP) is 3.28. The summed E-state index contributed by atoms with van der Waals surface area (Å²) in [7, 11) is 0. The van der Waals surface area contributed by atoms with Crippen LogP contribution >= 0.6 is 0 Å². The normalized spacial score (nSPS) is 16.2. The number of nitrogens with one attached hydrogen (secondary N) is 1. The maximum atomic E-state index is 11.0. The van der Waals surface area contributed by atoms with E-state index in [9.17, 15) is 10.1 Å². The molecule has 0 radical (unpaired) electrons. The molecule has 0 spiro atoms. The van der Waals surface area contributed by atoms with Crippen molar-refractivity contribution in [2.75, 3.05) is 5.32 Å². The van der Waals surface area contributed by atoms with Gasteiger partial charge in [-0.2, -0.15) is 0 Å². The summed E-state index contributed by atoms with van der Waals surface area (Å²) in [5, 5.41) is 15.2. The number of benzene rings is 1. The van der Waals surface area contributed by atoms with Crippen molar-refractivity contribution in [1.82, 2.24) is 9.97 Å². The van der Waals surface area contributed by atoms with Gasteiger partial charge in [-0.15, -0.1) is 0 Å². The standard InChI is InChI=1S/C14H16N4O2/c19-18(20)12-8-4-7-11-13(12)15-9-16-14(11)17-10-5-2-1-3-6-10/h4,7-10H,1-3,5-6H2,(H,15,16,17). The van der Waals surface area contributed by atoms with Crippen molar-refractivity contribution in [2.24, 2.45) is 0 Å². The van der Waals surface area contributed by atoms with E-state index in [0.29, 0.717) is 22.8 Å². The summed E-state index contributed by atoms with van der Waals surface area (Å²) in [6, 6.07) is 5.38. The van der Waals surface area contributed by atoms with E-state index in [1.807, 2.05) is 6.07 Å². The van der Waals surface area contributed by atoms with Crippen LogP contribution in [-0.2, 0) is 0 Å². The zero-order chi connectivity index (χ0) is 13.9. The Balaban J connectivity index is 1.98. The lowest BCUT2D eigenvalue weighted by Gasteiger charge is -2.23. The predicted molar refractivity (Wildman–Crippen MR) is 76.7 cm³/mol. The third kappa shape index (κ3) is 2.41. The topological polar surface area (TPSA) is 81.0 Å². The Hall–Kier alpha value is -2.24. The van der Waals surface area contributed by atoms with Crippen LogP contribution in [0.4, 0.5) is 11.5 Å². The lowest BCUT2D eigenvalue weighted by molar-refractivity contribution is -0.383. The largest absolute Gasteiger partial charge is 0.367 e. The van der Waals surface area contributed by atoms with Crippen LogP contribution in [0, 0.1) is 10.1 Å². The first kappa shape index (κ1) is 12.8. The Morgan fingerprint density at radius 1 is 1.20 bits per heavy atom. The number of fused-ring (bicyclic) bond motifs is 1. The molecule has 104 valence electrons. The summed E-state index contributed by atoms with van der Waals surface area (Å²) in [5.74, 6) is 0.700. The van der Waals surface area contributed by atoms with Gasteiger partial charge in [0, 0.05) is 17.5 Å². The fourth-order valence-corrected chi connectivity index (χ4v) is 2.77. The van der Waals surface area contributed by atoms with Gasteiger partial charge >= 0.3 is 0 Å². The monoisotopic (exact) mass is 272 g/mol. The first-order valence-corrected chi connectivity index (χ1v) is 6.90. The second kappa shape index (κ2) is 5.40. The molecule has 20 heavy (non-hydrogen) atoms. The Bertz CT molecular complexity index is 638. The van der Waals surface area contributed by atoms with E-state index in [1.165, 1.54) is 31.7 Å². The zero-order valence-electron chi connectivity index (χ0n) is 11.1. The molecule has 1 fully saturated rings. The molecule has 2 aromatic rings. The average Bonchev–Trinajstić information content (AvgIpc) is 2.48. The molecule has 0 saturated heterocycles. The molecular weight excluding hydrogens is 256 g/mol. The molecule has 1 N–H and O–H groups in total. The van der Waals surface area contributed by atoms with Gasteiger partial charge in [0.05, 0.1) is 4.92 Å². The van der Waals surface area contributed by atoms with Gasteiger partial charge in [0.2, 0.25) is 0 Å². The second-order valence-electron chi connectivity index (χ2n) is 5.13. The highest BCUT2D eigenvalue weighted by atomic mass is 16.6. The number of anilines is 1. The van der Waals surface area contributed by atoms with Crippen molar-refractivity contribution in [3.05, 3.63) is 34.6 Å². The summed E-state index contributed by atoms with van der Waals surface area (Å²) >= 11 is 0. The van der Waals surface area contributed by atoms with E-state index in [4.69, 9.17) is 0 Å². The second-order valence-corrected chi connectivity index (χ2v) is 5.13. The first-order valence-electron chi connectivity index (χ1n) is 6.90. The lowest BCUT2D eigenvalue weighted by Crippen LogP contribution is -2.23. The molecule has 0 atom stereocenters. The molecule has 1 aliphatic carbocycles. The number of hydrogen-bond acceptors (Lipinski definition) is 5. The molecule has 0 amide bonds. The van der Waals surface area contributed by atoms with Crippen LogP contribution in [0.5, 0.6) is 0 Å². The highest BCUT2D eigenvalue weighted by Crippen LogP contribution is 2.29. The lowest BCUT2D eigenvalue weighted by atomic mass is 9.95. The fourth-order valence-electron chi connectivity index (χ4n) is 2.77. The fraction of sp³-hybridized carbons (Fsp3) is 0.429. The van der Waals surface area contributed by atoms with Gasteiger partial charge in [-0.3, -0.25) is 10.1 Å². The van der Waals surface area contributed by atoms with E-state index in [1.54, 1.807) is 6.07 Å². The molecular formula is C14H16N4O2. The quantitative estimate of drug-likeness (QED) is 0.685. The number of nitro benzene ring substituents is 1. The van der Waals surface area contributed by atoms with Gasteiger partial charge in [0.25, 0.3) is 5.69 Å². The molecule has 1 saturated carbocycles. The first-order chi connectivity index (χ1) is 9.75. The van der Waals surface area contributed by atoms with Gasteiger partial charge < -0.3 is 5.32 Å². The van der Waals surface area contributed by atoms with Crippen molar-refractivity contribution in [2.45, 2.75) is 38.1 Å². The highest BCUT2D eigenvalue weighted by Gasteiger charge is 2.18. The van der Waals surface area contributed by atoms with Crippen LogP contribution in [-0.4, -0.2) is 20.9 Å². The Morgan fingerprint density at radius 2 is 2.00 bits per heavy atom. The Kier molecular flexibility index (Phi) is 3.45. The van der Waals surface area contributed by atoms with Crippen LogP contribution in [0.3, 0.4) is 0 Å². The van der Waals surface area contributed by atoms with Gasteiger partial charge in [-0.25, -0.2) is 9.97 Å². The van der Waals surface area contributed by atoms with Crippen molar-refractivity contribution >= 4 is 22.4 Å². The summed E-state index contributed by atoms with van der Waals surface area (Å²) in [6.45, 7) is 0. The third-order valence-corrected chi connectivity index (χ3v) is 3.79. The molecule has 3 rings (SSSR count). The van der Waals surface area contributed by atoms with Gasteiger partial charge in [-0.1, -0.05) is 25.3 Å². The molecule has 1 heterocycles. The van der Waals surface area contributed by atoms with Gasteiger partial charge in [-0.05, 0) is 18.9 Å². The minimum atomic E-state index is -0.403. The minimum absolute atomic E-state index is 0.0246. The number of rotatable bonds is 3. The van der Waals surface area contributed by atoms with Gasteiger partial charge in [0.1, 0.15) is 12.1 Å². The van der Waals surface area contributed by atoms with E-state index in [2.05, 4.69) is 15.3 Å². The van der Waals surface area contributed by atoms with Crippen molar-refractivity contribution < 1.29 is 4.92 Å². The number of aromatic nitrogens is 2. The molecule has 0 unspecified atom stereocenters. The van der Waals surface area contributed by atoms with E-state index < -0.39 is 4.92 Å². The Labute approximate surface area is 116 Å². The number of nitrogens with zero attached hydrogens (tertiary/aromatic N) is 3. The molecule has 1 aliphatic rings. The maximum Gasteiger partial charge on any atom is 0.295 e. The number of hydrogen-bond donors (Lipinski definition) is 1. The number of non-ortho nitro benzene ring substituents is 1. The van der Waals surface area contributed by atoms with Crippen LogP contribution in [0.15, 0.2) is 24.5 Å². The summed E-state index contributed by atoms with van der Waals surface area (Å²) in [6.07, 6.45) is 7.37. The third-order valence-electron chi connectivity index (χ3n) is 3.79. The Morgan fingerprint density at radius 3 is 2.75 bits per heavy atom. The van der Waals surface area contributed by atoms with Crippen LogP contribution in [0.2, 0.25) is 0 Å². The summed E-state index contributed by atoms with van der Waals surface area (Å²) in [5.41, 5.74) is 0.419. The molecule has 6 nitrogen and oxygen atoms in total. The SMILES string of the molecule is O=[N+]([O-])c1cccc2c(NC3CCCCC3)ncnc12. The van der Waals surface area contributed by atoms with Crippen LogP contribution in [0.1, 0.15) is 32.1 Å². The van der Waals surface area contributed by atoms with Crippen molar-refractivity contribution in [3.63, 3.8) is 0 Å². The molecule has 6 heteroatoms. The van der Waals surface area contributed by atoms with E-state index in [0.717, 1.165) is 12.8 Å². The molecule has 1 aromatic heterocycles. The van der Waals surface area contributed by atoms with E-state index >= 15 is 0 Å². The summed E-state index contributed by atoms with van der Waals surface area (Å²) in [4.78, 5) is 19.0. The zero-order valence-corrected chi connectivity index (χ0v) is 11.1. The number of para-hydroxylation sites is 1. The van der Waals surface area contributed by atoms with Crippen LogP contribution < -0.4 is 5.32 Å². The minimum Gasteiger partial charge on any atom is -0.367 e. The molecule has 0 aliphatic heterocycles. The van der Waals surface area contributed by atoms with E-state index in [-0.39, 0.29) is 5.69 Å². The van der Waals surface area contributed by atoms with Gasteiger partial charge in [0.15, 0.2) is 5.52 Å². The van der Waals surface area contributed by atoms with Crippen LogP contribution in [0.25, 0.3) is 10.9 Å². The maximum absolute atomic E-state index is 11.0. The van der Waals surface area contributed by atoms with Crippen molar-refractivity contribution in [3.8, 4) is 0 Å².